The number of aliphatic hydroxyl groups excluding tert-OH is 1. The van der Waals surface area contributed by atoms with Crippen molar-refractivity contribution in [3.05, 3.63) is 34.5 Å². The van der Waals surface area contributed by atoms with Crippen molar-refractivity contribution in [3.8, 4) is 0 Å². The maximum absolute atomic E-state index is 12.1. The van der Waals surface area contributed by atoms with Gasteiger partial charge in [0.05, 0.1) is 17.0 Å². The first-order chi connectivity index (χ1) is 11.8. The first-order valence-corrected chi connectivity index (χ1v) is 8.39. The van der Waals surface area contributed by atoms with Crippen molar-refractivity contribution in [1.29, 1.82) is 0 Å². The molecule has 0 saturated heterocycles. The molecule has 2 unspecified atom stereocenters. The first-order valence-electron chi connectivity index (χ1n) is 8.01. The molecule has 1 fully saturated rings. The largest absolute Gasteiger partial charge is 0.461 e. The quantitative estimate of drug-likeness (QED) is 0.643. The smallest absolute Gasteiger partial charge is 0.312 e. The maximum Gasteiger partial charge on any atom is 0.312 e. The van der Waals surface area contributed by atoms with Crippen molar-refractivity contribution in [2.75, 3.05) is 0 Å². The Hall–Kier alpha value is -2.05. The molecule has 0 radical (unpaired) electrons. The van der Waals surface area contributed by atoms with E-state index >= 15 is 0 Å². The van der Waals surface area contributed by atoms with E-state index in [1.165, 1.54) is 13.8 Å². The second-order valence-corrected chi connectivity index (χ2v) is 6.74. The van der Waals surface area contributed by atoms with Crippen LogP contribution in [0.1, 0.15) is 37.7 Å². The van der Waals surface area contributed by atoms with Gasteiger partial charge in [0, 0.05) is 25.2 Å². The zero-order chi connectivity index (χ0) is 18.3. The molecule has 1 aliphatic carbocycles. The predicted octanol–water partition coefficient (Wildman–Crippen LogP) is 3.52. The summed E-state index contributed by atoms with van der Waals surface area (Å²) in [7, 11) is 0. The number of hydrogen-bond donors (Lipinski definition) is 1. The zero-order valence-corrected chi connectivity index (χ0v) is 14.9. The van der Waals surface area contributed by atoms with Gasteiger partial charge in [-0.15, -0.1) is 0 Å². The molecule has 1 saturated carbocycles. The van der Waals surface area contributed by atoms with Gasteiger partial charge in [-0.3, -0.25) is 9.59 Å². The van der Waals surface area contributed by atoms with Gasteiger partial charge >= 0.3 is 11.9 Å². The molecule has 1 aromatic carbocycles. The summed E-state index contributed by atoms with van der Waals surface area (Å²) in [6.07, 6.45) is -1.30. The van der Waals surface area contributed by atoms with E-state index in [9.17, 15) is 14.7 Å². The van der Waals surface area contributed by atoms with Gasteiger partial charge in [0.15, 0.2) is 0 Å². The first kappa shape index (κ1) is 17.8. The minimum atomic E-state index is -0.944. The van der Waals surface area contributed by atoms with Gasteiger partial charge < -0.3 is 19.0 Å². The maximum atomic E-state index is 12.1. The van der Waals surface area contributed by atoms with E-state index < -0.39 is 30.3 Å². The highest BCUT2D eigenvalue weighted by Crippen LogP contribution is 2.49. The average Bonchev–Trinajstić information content (AvgIpc) is 3.21. The van der Waals surface area contributed by atoms with E-state index in [1.807, 2.05) is 13.0 Å². The number of rotatable bonds is 5. The van der Waals surface area contributed by atoms with Crippen LogP contribution in [-0.4, -0.2) is 23.3 Å². The number of fused-ring (bicyclic) bond motifs is 1. The summed E-state index contributed by atoms with van der Waals surface area (Å²) in [4.78, 5) is 22.9. The van der Waals surface area contributed by atoms with Gasteiger partial charge in [-0.25, -0.2) is 0 Å². The molecule has 134 valence electrons. The second kappa shape index (κ2) is 6.69. The molecule has 1 aromatic heterocycles. The van der Waals surface area contributed by atoms with Crippen LogP contribution in [0.2, 0.25) is 5.02 Å². The number of benzene rings is 1. The van der Waals surface area contributed by atoms with Crippen molar-refractivity contribution in [2.24, 2.45) is 11.8 Å². The van der Waals surface area contributed by atoms with Crippen LogP contribution in [0.15, 0.2) is 22.6 Å². The number of carbonyl (C=O) groups is 2. The lowest BCUT2D eigenvalue weighted by Crippen LogP contribution is -2.22. The number of esters is 2. The number of aryl methyl sites for hydroxylation is 1. The Balaban J connectivity index is 1.68. The van der Waals surface area contributed by atoms with E-state index in [0.717, 1.165) is 11.1 Å². The minimum Gasteiger partial charge on any atom is -0.461 e. The third-order valence-corrected chi connectivity index (χ3v) is 4.55. The molecule has 0 aliphatic heterocycles. The van der Waals surface area contributed by atoms with Crippen molar-refractivity contribution >= 4 is 34.5 Å². The van der Waals surface area contributed by atoms with Gasteiger partial charge in [-0.1, -0.05) is 11.6 Å². The highest BCUT2D eigenvalue weighted by molar-refractivity contribution is 6.35. The van der Waals surface area contributed by atoms with Crippen LogP contribution < -0.4 is 0 Å². The van der Waals surface area contributed by atoms with Crippen LogP contribution in [0, 0.1) is 18.8 Å². The molecule has 3 rings (SSSR count). The molecular weight excluding hydrogens is 348 g/mol. The molecule has 4 atom stereocenters. The fraction of sp³-hybridized carbons (Fsp3) is 0.444. The Morgan fingerprint density at radius 2 is 2.04 bits per heavy atom. The molecular formula is C18H19ClO6. The number of carbonyl (C=O) groups excluding carboxylic acids is 2. The van der Waals surface area contributed by atoms with Gasteiger partial charge in [-0.05, 0) is 37.1 Å². The summed E-state index contributed by atoms with van der Waals surface area (Å²) in [6, 6.07) is 5.26. The highest BCUT2D eigenvalue weighted by atomic mass is 35.5. The fourth-order valence-electron chi connectivity index (χ4n) is 3.00. The summed E-state index contributed by atoms with van der Waals surface area (Å²) in [5.41, 5.74) is 1.20. The lowest BCUT2D eigenvalue weighted by atomic mass is 10.0. The Bertz CT molecular complexity index is 826. The monoisotopic (exact) mass is 366 g/mol. The normalized spacial score (nSPS) is 21.6. The molecule has 1 heterocycles. The van der Waals surface area contributed by atoms with E-state index in [0.29, 0.717) is 22.6 Å². The van der Waals surface area contributed by atoms with Gasteiger partial charge in [0.2, 0.25) is 6.29 Å². The van der Waals surface area contributed by atoms with Crippen LogP contribution in [-0.2, 0) is 19.1 Å². The third kappa shape index (κ3) is 3.80. The van der Waals surface area contributed by atoms with Gasteiger partial charge in [0.25, 0.3) is 0 Å². The predicted molar refractivity (Wildman–Crippen MR) is 89.8 cm³/mol. The summed E-state index contributed by atoms with van der Waals surface area (Å²) >= 11 is 6.25. The molecule has 7 heteroatoms. The topological polar surface area (TPSA) is 86.0 Å². The molecule has 6 nitrogen and oxygen atoms in total. The van der Waals surface area contributed by atoms with E-state index in [-0.39, 0.29) is 5.92 Å². The highest BCUT2D eigenvalue weighted by Gasteiger charge is 2.49. The molecule has 0 amide bonds. The van der Waals surface area contributed by atoms with Gasteiger partial charge in [0.1, 0.15) is 11.3 Å². The second-order valence-electron chi connectivity index (χ2n) is 6.34. The summed E-state index contributed by atoms with van der Waals surface area (Å²) in [6.45, 7) is 4.54. The van der Waals surface area contributed by atoms with Crippen LogP contribution >= 0.6 is 11.6 Å². The lowest BCUT2D eigenvalue weighted by Gasteiger charge is -2.14. The average molecular weight is 367 g/mol. The summed E-state index contributed by atoms with van der Waals surface area (Å²) < 4.78 is 15.4. The molecule has 25 heavy (non-hydrogen) atoms. The third-order valence-electron chi connectivity index (χ3n) is 4.24. The van der Waals surface area contributed by atoms with E-state index in [1.54, 1.807) is 12.1 Å². The molecule has 2 aromatic rings. The van der Waals surface area contributed by atoms with Crippen LogP contribution in [0.5, 0.6) is 0 Å². The number of hydrogen-bond acceptors (Lipinski definition) is 6. The Morgan fingerprint density at radius 1 is 1.32 bits per heavy atom. The summed E-state index contributed by atoms with van der Waals surface area (Å²) in [5.74, 6) is -0.971. The van der Waals surface area contributed by atoms with Crippen LogP contribution in [0.3, 0.4) is 0 Å². The lowest BCUT2D eigenvalue weighted by molar-refractivity contribution is -0.184. The fourth-order valence-corrected chi connectivity index (χ4v) is 3.28. The molecule has 0 spiro atoms. The van der Waals surface area contributed by atoms with Crippen molar-refractivity contribution in [3.63, 3.8) is 0 Å². The minimum absolute atomic E-state index is 0.262. The number of aliphatic hydroxyl groups is 1. The SMILES string of the molecule is CC(=O)OC(C)OC(=O)[C@H]1C[C@@H]1C(O)c1cc(Cl)c2cc(C)oc2c1. The van der Waals surface area contributed by atoms with Crippen molar-refractivity contribution in [2.45, 2.75) is 39.6 Å². The standard InChI is InChI=1S/C18H19ClO6/c1-8-4-14-15(19)5-11(6-16(14)23-8)17(21)12-7-13(12)18(22)25-10(3)24-9(2)20/h4-6,10,12-13,17,21H,7H2,1-3H3/t10?,12-,13-,17?/m0/s1. The number of ether oxygens (including phenoxy) is 2. The van der Waals surface area contributed by atoms with E-state index in [2.05, 4.69) is 0 Å². The van der Waals surface area contributed by atoms with E-state index in [4.69, 9.17) is 25.5 Å². The van der Waals surface area contributed by atoms with Crippen molar-refractivity contribution in [1.82, 2.24) is 0 Å². The molecule has 0 bridgehead atoms. The van der Waals surface area contributed by atoms with Gasteiger partial charge in [-0.2, -0.15) is 0 Å². The Kier molecular flexibility index (Phi) is 4.75. The Morgan fingerprint density at radius 3 is 2.72 bits per heavy atom. The van der Waals surface area contributed by atoms with Crippen LogP contribution in [0.4, 0.5) is 0 Å². The Labute approximate surface area is 149 Å². The van der Waals surface area contributed by atoms with Crippen LogP contribution in [0.25, 0.3) is 11.0 Å². The molecule has 1 aliphatic rings. The number of furan rings is 1. The number of halogens is 1. The van der Waals surface area contributed by atoms with Crippen molar-refractivity contribution < 1.29 is 28.6 Å². The summed E-state index contributed by atoms with van der Waals surface area (Å²) in [5, 5.41) is 11.8. The zero-order valence-electron chi connectivity index (χ0n) is 14.1. The molecule has 1 N–H and O–H groups in total.